The zero-order valence-electron chi connectivity index (χ0n) is 23.0. The van der Waals surface area contributed by atoms with Crippen LogP contribution in [0, 0.1) is 0 Å². The van der Waals surface area contributed by atoms with Crippen molar-refractivity contribution in [3.63, 3.8) is 0 Å². The Hall–Kier alpha value is -5.69. The fourth-order valence-corrected chi connectivity index (χ4v) is 4.93. The van der Waals surface area contributed by atoms with Crippen molar-refractivity contribution in [1.29, 1.82) is 0 Å². The molecule has 0 spiro atoms. The monoisotopic (exact) mass is 553 g/mol. The second-order valence-electron chi connectivity index (χ2n) is 9.62. The number of carbonyl (C=O) groups excluding carboxylic acids is 1. The molecule has 0 atom stereocenters. The molecule has 1 heterocycles. The van der Waals surface area contributed by atoms with Crippen molar-refractivity contribution in [1.82, 2.24) is 9.97 Å². The maximum absolute atomic E-state index is 14.5. The van der Waals surface area contributed by atoms with E-state index in [2.05, 4.69) is 10.3 Å². The first-order valence-electron chi connectivity index (χ1n) is 13.4. The number of benzene rings is 5. The molecule has 0 aliphatic heterocycles. The van der Waals surface area contributed by atoms with Gasteiger partial charge >= 0.3 is 0 Å². The van der Waals surface area contributed by atoms with Gasteiger partial charge in [0.25, 0.3) is 5.56 Å². The van der Waals surface area contributed by atoms with Crippen LogP contribution in [-0.4, -0.2) is 30.0 Å². The summed E-state index contributed by atoms with van der Waals surface area (Å²) in [6, 6.07) is 35.2. The van der Waals surface area contributed by atoms with Gasteiger partial charge in [0.15, 0.2) is 5.78 Å². The molecular weight excluding hydrogens is 526 g/mol. The standard InChI is InChI=1S/C35H27N3O4/c1-41-25-18-14-23(15-19-25)32(36-28-13-7-9-22-8-3-4-10-27(22)28)31(34(39)24-16-20-26(42-2)21-17-24)33-35(40)38-30-12-6-5-11-29(30)37-33/h3-21,36H,1-2H3,(H,38,40)/b32-31+. The van der Waals surface area contributed by atoms with E-state index in [1.54, 1.807) is 50.6 Å². The van der Waals surface area contributed by atoms with E-state index in [-0.39, 0.29) is 17.1 Å². The number of Topliss-reactive ketones (excluding diaryl/α,β-unsaturated/α-hetero) is 1. The number of aromatic amines is 1. The zero-order valence-corrected chi connectivity index (χ0v) is 23.0. The molecular formula is C35H27N3O4. The quantitative estimate of drug-likeness (QED) is 0.156. The van der Waals surface area contributed by atoms with Gasteiger partial charge in [-0.25, -0.2) is 4.98 Å². The van der Waals surface area contributed by atoms with Gasteiger partial charge in [-0.15, -0.1) is 0 Å². The summed E-state index contributed by atoms with van der Waals surface area (Å²) in [5.41, 5.74) is 3.07. The smallest absolute Gasteiger partial charge is 0.275 e. The summed E-state index contributed by atoms with van der Waals surface area (Å²) in [5, 5.41) is 5.51. The third-order valence-corrected chi connectivity index (χ3v) is 7.09. The van der Waals surface area contributed by atoms with E-state index < -0.39 is 5.56 Å². The third kappa shape index (κ3) is 5.11. The molecule has 6 aromatic rings. The molecule has 0 unspecified atom stereocenters. The van der Waals surface area contributed by atoms with Crippen LogP contribution in [0.3, 0.4) is 0 Å². The molecule has 0 saturated carbocycles. The van der Waals surface area contributed by atoms with Crippen molar-refractivity contribution in [3.05, 3.63) is 142 Å². The van der Waals surface area contributed by atoms with Gasteiger partial charge < -0.3 is 19.8 Å². The lowest BCUT2D eigenvalue weighted by molar-refractivity contribution is 0.105. The zero-order chi connectivity index (χ0) is 29.1. The fraction of sp³-hybridized carbons (Fsp3) is 0.0571. The van der Waals surface area contributed by atoms with Gasteiger partial charge in [-0.2, -0.15) is 0 Å². The highest BCUT2D eigenvalue weighted by Crippen LogP contribution is 2.33. The van der Waals surface area contributed by atoms with Crippen LogP contribution < -0.4 is 20.3 Å². The Balaban J connectivity index is 1.67. The number of rotatable bonds is 8. The van der Waals surface area contributed by atoms with Crippen molar-refractivity contribution in [3.8, 4) is 11.5 Å². The average Bonchev–Trinajstić information content (AvgIpc) is 3.04. The summed E-state index contributed by atoms with van der Waals surface area (Å²) >= 11 is 0. The Morgan fingerprint density at radius 1 is 0.714 bits per heavy atom. The van der Waals surface area contributed by atoms with Crippen molar-refractivity contribution < 1.29 is 14.3 Å². The molecule has 0 bridgehead atoms. The Kier molecular flexibility index (Phi) is 7.22. The number of hydrogen-bond donors (Lipinski definition) is 2. The molecule has 206 valence electrons. The average molecular weight is 554 g/mol. The lowest BCUT2D eigenvalue weighted by Gasteiger charge is -2.19. The molecule has 1 aromatic heterocycles. The van der Waals surface area contributed by atoms with E-state index >= 15 is 0 Å². The summed E-state index contributed by atoms with van der Waals surface area (Å²) in [5.74, 6) is 0.903. The Morgan fingerprint density at radius 2 is 1.33 bits per heavy atom. The second-order valence-corrected chi connectivity index (χ2v) is 9.62. The van der Waals surface area contributed by atoms with Crippen LogP contribution in [0.2, 0.25) is 0 Å². The first-order chi connectivity index (χ1) is 20.6. The Morgan fingerprint density at radius 3 is 2.05 bits per heavy atom. The van der Waals surface area contributed by atoms with Crippen LogP contribution in [0.1, 0.15) is 21.6 Å². The Bertz CT molecular complexity index is 2000. The number of ether oxygens (including phenoxy) is 2. The predicted molar refractivity (Wildman–Crippen MR) is 167 cm³/mol. The number of H-pyrrole nitrogens is 1. The number of aromatic nitrogens is 2. The topological polar surface area (TPSA) is 93.3 Å². The number of nitrogens with one attached hydrogen (secondary N) is 2. The lowest BCUT2D eigenvalue weighted by atomic mass is 9.94. The number of carbonyl (C=O) groups is 1. The van der Waals surface area contributed by atoms with Gasteiger partial charge in [0.2, 0.25) is 0 Å². The van der Waals surface area contributed by atoms with Gasteiger partial charge in [-0.3, -0.25) is 9.59 Å². The van der Waals surface area contributed by atoms with Crippen LogP contribution in [0.25, 0.3) is 33.1 Å². The molecule has 0 aliphatic carbocycles. The van der Waals surface area contributed by atoms with Crippen molar-refractivity contribution in [2.24, 2.45) is 0 Å². The maximum atomic E-state index is 14.5. The highest BCUT2D eigenvalue weighted by atomic mass is 16.5. The van der Waals surface area contributed by atoms with Gasteiger partial charge in [0.1, 0.15) is 17.2 Å². The molecule has 7 heteroatoms. The number of fused-ring (bicyclic) bond motifs is 2. The van der Waals surface area contributed by atoms with Gasteiger partial charge in [-0.05, 0) is 77.7 Å². The number of para-hydroxylation sites is 2. The summed E-state index contributed by atoms with van der Waals surface area (Å²) < 4.78 is 10.7. The van der Waals surface area contributed by atoms with Crippen LogP contribution in [-0.2, 0) is 0 Å². The molecule has 7 nitrogen and oxygen atoms in total. The molecule has 6 rings (SSSR count). The predicted octanol–water partition coefficient (Wildman–Crippen LogP) is 6.96. The van der Waals surface area contributed by atoms with E-state index in [9.17, 15) is 9.59 Å². The van der Waals surface area contributed by atoms with Crippen LogP contribution in [0.15, 0.2) is 120 Å². The fourth-order valence-electron chi connectivity index (χ4n) is 4.93. The van der Waals surface area contributed by atoms with Gasteiger partial charge in [0.05, 0.1) is 36.5 Å². The minimum atomic E-state index is -0.476. The summed E-state index contributed by atoms with van der Waals surface area (Å²) in [6.45, 7) is 0. The molecule has 0 aliphatic rings. The van der Waals surface area contributed by atoms with Crippen LogP contribution in [0.4, 0.5) is 5.69 Å². The Labute approximate surface area is 242 Å². The van der Waals surface area contributed by atoms with E-state index in [0.717, 1.165) is 16.5 Å². The first-order valence-corrected chi connectivity index (χ1v) is 13.4. The maximum Gasteiger partial charge on any atom is 0.275 e. The number of allylic oxidation sites excluding steroid dienone is 1. The van der Waals surface area contributed by atoms with Gasteiger partial charge in [-0.1, -0.05) is 48.5 Å². The highest BCUT2D eigenvalue weighted by Gasteiger charge is 2.26. The number of hydrogen-bond acceptors (Lipinski definition) is 6. The number of nitrogens with zero attached hydrogens (tertiary/aromatic N) is 1. The van der Waals surface area contributed by atoms with Crippen LogP contribution >= 0.6 is 0 Å². The number of anilines is 1. The van der Waals surface area contributed by atoms with Crippen LogP contribution in [0.5, 0.6) is 11.5 Å². The van der Waals surface area contributed by atoms with E-state index in [1.165, 1.54) is 0 Å². The van der Waals surface area contributed by atoms with Crippen molar-refractivity contribution in [2.45, 2.75) is 0 Å². The van der Waals surface area contributed by atoms with Crippen molar-refractivity contribution >= 4 is 44.5 Å². The largest absolute Gasteiger partial charge is 0.497 e. The summed E-state index contributed by atoms with van der Waals surface area (Å²) in [6.07, 6.45) is 0. The summed E-state index contributed by atoms with van der Waals surface area (Å²) in [7, 11) is 3.16. The van der Waals surface area contributed by atoms with E-state index in [1.807, 2.05) is 78.9 Å². The van der Waals surface area contributed by atoms with Gasteiger partial charge in [0, 0.05) is 16.6 Å². The molecule has 42 heavy (non-hydrogen) atoms. The van der Waals surface area contributed by atoms with E-state index in [4.69, 9.17) is 14.5 Å². The third-order valence-electron chi connectivity index (χ3n) is 7.09. The molecule has 0 saturated heterocycles. The first kappa shape index (κ1) is 26.5. The normalized spacial score (nSPS) is 11.7. The SMILES string of the molecule is COc1ccc(C(=O)/C(=C(/Nc2cccc3ccccc23)c2ccc(OC)cc2)c2nc3ccccc3[nH]c2=O)cc1. The highest BCUT2D eigenvalue weighted by molar-refractivity contribution is 6.35. The number of methoxy groups -OCH3 is 2. The molecule has 2 N–H and O–H groups in total. The number of ketones is 1. The minimum absolute atomic E-state index is 0.00747. The molecule has 0 fully saturated rings. The molecule has 0 radical (unpaired) electrons. The minimum Gasteiger partial charge on any atom is -0.497 e. The molecule has 0 amide bonds. The second kappa shape index (κ2) is 11.4. The summed E-state index contributed by atoms with van der Waals surface area (Å²) in [4.78, 5) is 35.7. The van der Waals surface area contributed by atoms with Crippen molar-refractivity contribution in [2.75, 3.05) is 19.5 Å². The lowest BCUT2D eigenvalue weighted by Crippen LogP contribution is -2.21. The van der Waals surface area contributed by atoms with E-state index in [0.29, 0.717) is 39.4 Å². The molecule has 5 aromatic carbocycles.